The Labute approximate surface area is 204 Å². The van der Waals surface area contributed by atoms with Crippen LogP contribution in [0, 0.1) is 5.82 Å². The zero-order valence-corrected chi connectivity index (χ0v) is 20.7. The molecule has 0 aliphatic rings. The first-order valence-electron chi connectivity index (χ1n) is 10.6. The number of benzene rings is 3. The van der Waals surface area contributed by atoms with Crippen LogP contribution in [0.25, 0.3) is 0 Å². The monoisotopic (exact) mass is 504 g/mol. The average Bonchev–Trinajstić information content (AvgIpc) is 2.79. The molecule has 0 unspecified atom stereocenters. The minimum atomic E-state index is -3.71. The van der Waals surface area contributed by atoms with Gasteiger partial charge in [0.05, 0.1) is 31.1 Å². The number of sulfonamides is 1. The van der Waals surface area contributed by atoms with E-state index >= 15 is 0 Å². The van der Waals surface area contributed by atoms with Crippen molar-refractivity contribution in [2.24, 2.45) is 0 Å². The van der Waals surface area contributed by atoms with Gasteiger partial charge in [0.2, 0.25) is 10.0 Å². The third-order valence-corrected chi connectivity index (χ3v) is 6.56. The standard InChI is InChI=1S/C25H26ClFN2O4S/c1-4-33-24-14-7-19(25(30)28-17(2)18-5-8-21(26)9-6-18)15-20(24)16-29(34(3,31)32)23-12-10-22(27)11-13-23/h5-15,17H,4,16H2,1-3H3,(H,28,30)/t17-/m0/s1. The highest BCUT2D eigenvalue weighted by atomic mass is 35.5. The SMILES string of the molecule is CCOc1ccc(C(=O)N[C@@H](C)c2ccc(Cl)cc2)cc1CN(c1ccc(F)cc1)S(C)(=O)=O. The van der Waals surface area contributed by atoms with Crippen molar-refractivity contribution in [3.05, 3.63) is 94.3 Å². The van der Waals surface area contributed by atoms with Crippen molar-refractivity contribution in [1.82, 2.24) is 5.32 Å². The zero-order valence-electron chi connectivity index (χ0n) is 19.1. The zero-order chi connectivity index (χ0) is 24.9. The normalized spacial score (nSPS) is 12.1. The second-order valence-corrected chi connectivity index (χ2v) is 10.1. The maximum atomic E-state index is 13.4. The number of nitrogens with one attached hydrogen (secondary N) is 1. The topological polar surface area (TPSA) is 75.7 Å². The maximum Gasteiger partial charge on any atom is 0.251 e. The van der Waals surface area contributed by atoms with E-state index < -0.39 is 15.8 Å². The van der Waals surface area contributed by atoms with E-state index in [0.717, 1.165) is 16.1 Å². The van der Waals surface area contributed by atoms with Gasteiger partial charge in [0.15, 0.2) is 0 Å². The van der Waals surface area contributed by atoms with Crippen LogP contribution in [0.5, 0.6) is 5.75 Å². The molecule has 0 saturated heterocycles. The van der Waals surface area contributed by atoms with Crippen LogP contribution >= 0.6 is 11.6 Å². The molecule has 3 rings (SSSR count). The minimum absolute atomic E-state index is 0.0896. The van der Waals surface area contributed by atoms with Crippen molar-refractivity contribution >= 4 is 33.2 Å². The van der Waals surface area contributed by atoms with Gasteiger partial charge in [-0.1, -0.05) is 23.7 Å². The molecule has 3 aromatic carbocycles. The number of nitrogens with zero attached hydrogens (tertiary/aromatic N) is 1. The molecule has 0 spiro atoms. The summed E-state index contributed by atoms with van der Waals surface area (Å²) >= 11 is 5.94. The van der Waals surface area contributed by atoms with E-state index in [1.165, 1.54) is 24.3 Å². The Hall–Kier alpha value is -3.10. The average molecular weight is 505 g/mol. The second-order valence-electron chi connectivity index (χ2n) is 7.75. The van der Waals surface area contributed by atoms with Gasteiger partial charge < -0.3 is 10.1 Å². The van der Waals surface area contributed by atoms with E-state index in [-0.39, 0.29) is 18.5 Å². The van der Waals surface area contributed by atoms with Crippen LogP contribution in [0.2, 0.25) is 5.02 Å². The fourth-order valence-corrected chi connectivity index (χ4v) is 4.42. The Kier molecular flexibility index (Phi) is 8.17. The first kappa shape index (κ1) is 25.5. The Bertz CT molecular complexity index is 1250. The van der Waals surface area contributed by atoms with Crippen molar-refractivity contribution in [3.8, 4) is 5.75 Å². The summed E-state index contributed by atoms with van der Waals surface area (Å²) in [4.78, 5) is 13.0. The molecular weight excluding hydrogens is 479 g/mol. The Morgan fingerprint density at radius 2 is 1.74 bits per heavy atom. The molecule has 3 aromatic rings. The Morgan fingerprint density at radius 3 is 2.32 bits per heavy atom. The van der Waals surface area contributed by atoms with E-state index in [1.54, 1.807) is 30.3 Å². The molecule has 6 nitrogen and oxygen atoms in total. The molecule has 34 heavy (non-hydrogen) atoms. The summed E-state index contributed by atoms with van der Waals surface area (Å²) in [5.41, 5.74) is 2.05. The summed E-state index contributed by atoms with van der Waals surface area (Å²) in [7, 11) is -3.71. The summed E-state index contributed by atoms with van der Waals surface area (Å²) in [6, 6.07) is 17.0. The highest BCUT2D eigenvalue weighted by Crippen LogP contribution is 2.27. The molecule has 180 valence electrons. The summed E-state index contributed by atoms with van der Waals surface area (Å²) in [6.07, 6.45) is 1.07. The molecule has 0 fully saturated rings. The number of anilines is 1. The molecule has 0 radical (unpaired) electrons. The van der Waals surface area contributed by atoms with Crippen molar-refractivity contribution in [3.63, 3.8) is 0 Å². The highest BCUT2D eigenvalue weighted by Gasteiger charge is 2.21. The fraction of sp³-hybridized carbons (Fsp3) is 0.240. The van der Waals surface area contributed by atoms with Crippen LogP contribution in [-0.2, 0) is 16.6 Å². The first-order chi connectivity index (χ1) is 16.1. The van der Waals surface area contributed by atoms with Crippen LogP contribution in [0.1, 0.15) is 41.4 Å². The van der Waals surface area contributed by atoms with Gasteiger partial charge in [-0.25, -0.2) is 12.8 Å². The van der Waals surface area contributed by atoms with Gasteiger partial charge in [0, 0.05) is 16.1 Å². The molecule has 0 aromatic heterocycles. The van der Waals surface area contributed by atoms with Crippen LogP contribution in [0.3, 0.4) is 0 Å². The van der Waals surface area contributed by atoms with Crippen molar-refractivity contribution in [2.45, 2.75) is 26.4 Å². The molecule has 0 saturated carbocycles. The molecule has 0 bridgehead atoms. The van der Waals surface area contributed by atoms with E-state index in [2.05, 4.69) is 5.32 Å². The second kappa shape index (κ2) is 10.9. The van der Waals surface area contributed by atoms with Gasteiger partial charge in [-0.05, 0) is 74.0 Å². The van der Waals surface area contributed by atoms with Gasteiger partial charge in [0.1, 0.15) is 11.6 Å². The number of halogens is 2. The third kappa shape index (κ3) is 6.48. The molecule has 1 amide bonds. The van der Waals surface area contributed by atoms with E-state index in [0.29, 0.717) is 34.2 Å². The van der Waals surface area contributed by atoms with Crippen LogP contribution in [0.15, 0.2) is 66.7 Å². The summed E-state index contributed by atoms with van der Waals surface area (Å²) < 4.78 is 45.3. The molecule has 0 aliphatic carbocycles. The lowest BCUT2D eigenvalue weighted by atomic mass is 10.1. The number of hydrogen-bond acceptors (Lipinski definition) is 4. The predicted octanol–water partition coefficient (Wildman–Crippen LogP) is 5.34. The lowest BCUT2D eigenvalue weighted by molar-refractivity contribution is 0.0939. The van der Waals surface area contributed by atoms with Gasteiger partial charge in [-0.2, -0.15) is 0 Å². The number of carbonyl (C=O) groups is 1. The fourth-order valence-electron chi connectivity index (χ4n) is 3.42. The smallest absolute Gasteiger partial charge is 0.251 e. The number of amides is 1. The van der Waals surface area contributed by atoms with Gasteiger partial charge in [-0.3, -0.25) is 9.10 Å². The molecular formula is C25H26ClFN2O4S. The lowest BCUT2D eigenvalue weighted by Gasteiger charge is -2.24. The largest absolute Gasteiger partial charge is 0.494 e. The highest BCUT2D eigenvalue weighted by molar-refractivity contribution is 7.92. The van der Waals surface area contributed by atoms with Crippen molar-refractivity contribution in [2.75, 3.05) is 17.2 Å². The predicted molar refractivity (Wildman–Crippen MR) is 132 cm³/mol. The quantitative estimate of drug-likeness (QED) is 0.427. The number of rotatable bonds is 9. The van der Waals surface area contributed by atoms with E-state index in [1.807, 2.05) is 26.0 Å². The first-order valence-corrected chi connectivity index (χ1v) is 12.9. The van der Waals surface area contributed by atoms with Crippen molar-refractivity contribution in [1.29, 1.82) is 0 Å². The maximum absolute atomic E-state index is 13.4. The molecule has 0 heterocycles. The van der Waals surface area contributed by atoms with Crippen molar-refractivity contribution < 1.29 is 22.3 Å². The van der Waals surface area contributed by atoms with Crippen LogP contribution < -0.4 is 14.4 Å². The Balaban J connectivity index is 1.90. The summed E-state index contributed by atoms with van der Waals surface area (Å²) in [5.74, 6) is -0.333. The van der Waals surface area contributed by atoms with Gasteiger partial charge in [0.25, 0.3) is 5.91 Å². The summed E-state index contributed by atoms with van der Waals surface area (Å²) in [5, 5.41) is 3.54. The third-order valence-electron chi connectivity index (χ3n) is 5.17. The Morgan fingerprint density at radius 1 is 1.09 bits per heavy atom. The van der Waals surface area contributed by atoms with E-state index in [9.17, 15) is 17.6 Å². The number of ether oxygens (including phenoxy) is 1. The van der Waals surface area contributed by atoms with Gasteiger partial charge >= 0.3 is 0 Å². The number of hydrogen-bond donors (Lipinski definition) is 1. The molecule has 0 aliphatic heterocycles. The number of carbonyl (C=O) groups excluding carboxylic acids is 1. The lowest BCUT2D eigenvalue weighted by Crippen LogP contribution is -2.30. The summed E-state index contributed by atoms with van der Waals surface area (Å²) in [6.45, 7) is 3.94. The van der Waals surface area contributed by atoms with Crippen LogP contribution in [0.4, 0.5) is 10.1 Å². The van der Waals surface area contributed by atoms with E-state index in [4.69, 9.17) is 16.3 Å². The minimum Gasteiger partial charge on any atom is -0.494 e. The molecule has 1 atom stereocenters. The molecule has 9 heteroatoms. The van der Waals surface area contributed by atoms with Gasteiger partial charge in [-0.15, -0.1) is 0 Å². The molecule has 1 N–H and O–H groups in total. The van der Waals surface area contributed by atoms with Crippen LogP contribution in [-0.4, -0.2) is 27.2 Å².